The number of nitrogens with zero attached hydrogens (tertiary/aromatic N) is 2. The van der Waals surface area contributed by atoms with Crippen LogP contribution in [0.15, 0.2) is 22.7 Å². The summed E-state index contributed by atoms with van der Waals surface area (Å²) in [7, 11) is -0.850. The van der Waals surface area contributed by atoms with Gasteiger partial charge in [0.15, 0.2) is 0 Å². The molecule has 0 spiro atoms. The molecule has 0 aliphatic rings. The molecule has 2 aromatic rings. The van der Waals surface area contributed by atoms with Crippen molar-refractivity contribution in [3.63, 3.8) is 0 Å². The van der Waals surface area contributed by atoms with Gasteiger partial charge in [0.1, 0.15) is 5.82 Å². The van der Waals surface area contributed by atoms with E-state index in [-0.39, 0.29) is 11.4 Å². The van der Waals surface area contributed by atoms with Gasteiger partial charge in [-0.05, 0) is 32.0 Å². The topological polar surface area (TPSA) is 34.9 Å². The molecule has 0 bridgehead atoms. The molecule has 0 radical (unpaired) electrons. The number of hydrogen-bond donors (Lipinski definition) is 0. The maximum absolute atomic E-state index is 11.5. The maximum Gasteiger partial charge on any atom is 0.127 e. The van der Waals surface area contributed by atoms with E-state index in [1.165, 1.54) is 0 Å². The minimum absolute atomic E-state index is 0.105. The minimum Gasteiger partial charge on any atom is -0.323 e. The molecule has 0 N–H and O–H groups in total. The van der Waals surface area contributed by atoms with Crippen molar-refractivity contribution in [2.24, 2.45) is 0 Å². The standard InChI is InChI=1S/C13H16BrClN2OS/c1-8(7-19(3)18)17-12-5-4-10(14)6-11(12)16-13(17)9(2)15/h4-6,8-9H,7H2,1-3H3. The van der Waals surface area contributed by atoms with Gasteiger partial charge >= 0.3 is 0 Å². The van der Waals surface area contributed by atoms with E-state index in [4.69, 9.17) is 11.6 Å². The van der Waals surface area contributed by atoms with Crippen LogP contribution in [0, 0.1) is 0 Å². The van der Waals surface area contributed by atoms with Crippen molar-refractivity contribution in [3.8, 4) is 0 Å². The molecule has 0 aliphatic heterocycles. The number of aromatic nitrogens is 2. The van der Waals surface area contributed by atoms with Gasteiger partial charge in [0.25, 0.3) is 0 Å². The monoisotopic (exact) mass is 362 g/mol. The molecular formula is C13H16BrClN2OS. The molecule has 0 saturated heterocycles. The summed E-state index contributed by atoms with van der Waals surface area (Å²) >= 11 is 9.68. The van der Waals surface area contributed by atoms with Crippen LogP contribution in [0.2, 0.25) is 0 Å². The Morgan fingerprint density at radius 1 is 1.47 bits per heavy atom. The van der Waals surface area contributed by atoms with E-state index in [1.807, 2.05) is 32.0 Å². The molecule has 19 heavy (non-hydrogen) atoms. The molecule has 3 nitrogen and oxygen atoms in total. The Hall–Kier alpha value is -0.390. The first kappa shape index (κ1) is 15.0. The van der Waals surface area contributed by atoms with Crippen molar-refractivity contribution >= 4 is 49.4 Å². The summed E-state index contributed by atoms with van der Waals surface area (Å²) in [6.07, 6.45) is 1.72. The predicted octanol–water partition coefficient (Wildman–Crippen LogP) is 4.04. The van der Waals surface area contributed by atoms with E-state index >= 15 is 0 Å². The van der Waals surface area contributed by atoms with E-state index in [0.29, 0.717) is 5.75 Å². The van der Waals surface area contributed by atoms with Crippen LogP contribution in [0.5, 0.6) is 0 Å². The highest BCUT2D eigenvalue weighted by molar-refractivity contribution is 9.10. The average Bonchev–Trinajstić information content (AvgIpc) is 2.66. The third-order valence-electron chi connectivity index (χ3n) is 2.95. The number of hydrogen-bond acceptors (Lipinski definition) is 2. The molecule has 1 aromatic carbocycles. The number of alkyl halides is 1. The van der Waals surface area contributed by atoms with Gasteiger partial charge in [0, 0.05) is 33.3 Å². The summed E-state index contributed by atoms with van der Waals surface area (Å²) < 4.78 is 14.5. The van der Waals surface area contributed by atoms with Crippen molar-refractivity contribution in [2.45, 2.75) is 25.3 Å². The van der Waals surface area contributed by atoms with Gasteiger partial charge in [0.05, 0.1) is 16.4 Å². The Morgan fingerprint density at radius 3 is 2.74 bits per heavy atom. The number of fused-ring (bicyclic) bond motifs is 1. The molecule has 0 fully saturated rings. The van der Waals surface area contributed by atoms with E-state index in [1.54, 1.807) is 6.26 Å². The molecule has 2 rings (SSSR count). The summed E-state index contributed by atoms with van der Waals surface area (Å²) in [5.74, 6) is 1.42. The number of benzene rings is 1. The summed E-state index contributed by atoms with van der Waals surface area (Å²) in [6, 6.07) is 6.08. The quantitative estimate of drug-likeness (QED) is 0.768. The molecule has 104 valence electrons. The lowest BCUT2D eigenvalue weighted by Gasteiger charge is -2.17. The molecule has 3 unspecified atom stereocenters. The fourth-order valence-corrected chi connectivity index (χ4v) is 3.58. The van der Waals surface area contributed by atoms with Crippen molar-refractivity contribution < 1.29 is 4.21 Å². The second kappa shape index (κ2) is 5.94. The van der Waals surface area contributed by atoms with Crippen LogP contribution in [0.1, 0.15) is 31.1 Å². The smallest absolute Gasteiger partial charge is 0.127 e. The van der Waals surface area contributed by atoms with Crippen LogP contribution in [0.25, 0.3) is 11.0 Å². The molecular weight excluding hydrogens is 348 g/mol. The Morgan fingerprint density at radius 2 is 2.16 bits per heavy atom. The van der Waals surface area contributed by atoms with Gasteiger partial charge < -0.3 is 4.57 Å². The zero-order valence-corrected chi connectivity index (χ0v) is 14.2. The van der Waals surface area contributed by atoms with Crippen molar-refractivity contribution in [1.29, 1.82) is 0 Å². The SMILES string of the molecule is CC(Cl)c1nc2cc(Br)ccc2n1C(C)CS(C)=O. The molecule has 1 heterocycles. The van der Waals surface area contributed by atoms with Gasteiger partial charge in [0.2, 0.25) is 0 Å². The summed E-state index contributed by atoms with van der Waals surface area (Å²) in [5, 5.41) is -0.182. The Balaban J connectivity index is 2.61. The largest absolute Gasteiger partial charge is 0.323 e. The van der Waals surface area contributed by atoms with Gasteiger partial charge in [-0.15, -0.1) is 11.6 Å². The number of rotatable bonds is 4. The van der Waals surface area contributed by atoms with Gasteiger partial charge in [-0.1, -0.05) is 15.9 Å². The Bertz CT molecular complexity index is 626. The van der Waals surface area contributed by atoms with E-state index in [9.17, 15) is 4.21 Å². The summed E-state index contributed by atoms with van der Waals surface area (Å²) in [6.45, 7) is 3.96. The third kappa shape index (κ3) is 3.20. The van der Waals surface area contributed by atoms with E-state index < -0.39 is 10.8 Å². The van der Waals surface area contributed by atoms with Crippen LogP contribution >= 0.6 is 27.5 Å². The second-order valence-corrected chi connectivity index (χ2v) is 7.73. The van der Waals surface area contributed by atoms with E-state index in [0.717, 1.165) is 21.3 Å². The Labute approximate surface area is 128 Å². The zero-order chi connectivity index (χ0) is 14.2. The van der Waals surface area contributed by atoms with Crippen LogP contribution in [0.3, 0.4) is 0 Å². The van der Waals surface area contributed by atoms with Crippen molar-refractivity contribution in [2.75, 3.05) is 12.0 Å². The average molecular weight is 364 g/mol. The van der Waals surface area contributed by atoms with Crippen molar-refractivity contribution in [1.82, 2.24) is 9.55 Å². The molecule has 0 saturated carbocycles. The first-order chi connectivity index (χ1) is 8.90. The molecule has 3 atom stereocenters. The maximum atomic E-state index is 11.5. The van der Waals surface area contributed by atoms with Crippen LogP contribution in [-0.2, 0) is 10.8 Å². The third-order valence-corrected chi connectivity index (χ3v) is 4.59. The van der Waals surface area contributed by atoms with Crippen LogP contribution < -0.4 is 0 Å². The highest BCUT2D eigenvalue weighted by Crippen LogP contribution is 2.29. The Kier molecular flexibility index (Phi) is 4.69. The summed E-state index contributed by atoms with van der Waals surface area (Å²) in [4.78, 5) is 4.60. The highest BCUT2D eigenvalue weighted by atomic mass is 79.9. The van der Waals surface area contributed by atoms with Crippen LogP contribution in [0.4, 0.5) is 0 Å². The fraction of sp³-hybridized carbons (Fsp3) is 0.462. The van der Waals surface area contributed by atoms with Crippen LogP contribution in [-0.4, -0.2) is 25.8 Å². The van der Waals surface area contributed by atoms with Gasteiger partial charge in [-0.3, -0.25) is 4.21 Å². The molecule has 1 aromatic heterocycles. The molecule has 0 aliphatic carbocycles. The zero-order valence-electron chi connectivity index (χ0n) is 11.1. The van der Waals surface area contributed by atoms with Gasteiger partial charge in [-0.25, -0.2) is 4.98 Å². The summed E-state index contributed by atoms with van der Waals surface area (Å²) in [5.41, 5.74) is 1.94. The number of imidazole rings is 1. The highest BCUT2D eigenvalue weighted by Gasteiger charge is 2.19. The number of halogens is 2. The van der Waals surface area contributed by atoms with Gasteiger partial charge in [-0.2, -0.15) is 0 Å². The molecule has 6 heteroatoms. The predicted molar refractivity (Wildman–Crippen MR) is 85.3 cm³/mol. The first-order valence-corrected chi connectivity index (χ1v) is 8.97. The fourth-order valence-electron chi connectivity index (χ4n) is 2.25. The molecule has 0 amide bonds. The second-order valence-electron chi connectivity index (χ2n) is 4.68. The first-order valence-electron chi connectivity index (χ1n) is 6.01. The van der Waals surface area contributed by atoms with E-state index in [2.05, 4.69) is 25.5 Å². The minimum atomic E-state index is -0.850. The normalized spacial score (nSPS) is 16.5. The lowest BCUT2D eigenvalue weighted by molar-refractivity contribution is 0.583. The lowest BCUT2D eigenvalue weighted by Crippen LogP contribution is -2.15. The lowest BCUT2D eigenvalue weighted by atomic mass is 10.3. The van der Waals surface area contributed by atoms with Crippen molar-refractivity contribution in [3.05, 3.63) is 28.5 Å².